The number of fused-ring (bicyclic) bond motifs is 3. The van der Waals surface area contributed by atoms with Crippen molar-refractivity contribution in [3.05, 3.63) is 279 Å². The molecule has 73 heavy (non-hydrogen) atoms. The summed E-state index contributed by atoms with van der Waals surface area (Å²) in [5.41, 5.74) is 20.1. The highest BCUT2D eigenvalue weighted by molar-refractivity contribution is 6.17. The molecule has 0 aliphatic carbocycles. The van der Waals surface area contributed by atoms with Crippen LogP contribution in [0.15, 0.2) is 279 Å². The second-order valence-corrected chi connectivity index (χ2v) is 18.4. The highest BCUT2D eigenvalue weighted by Gasteiger charge is 2.20. The minimum Gasteiger partial charge on any atom is -0.309 e. The Morgan fingerprint density at radius 3 is 1.07 bits per heavy atom. The standard InChI is InChI=1S/C69H46N4/c1-6-17-47(18-7-1)50-29-33-55(34-30-50)68-70-67(54-25-14-5-15-26-54)71-69(72-68)56-35-31-52(32-36-56)60-45-62(53-23-12-4-13-24-53)66-63-44-59(49-21-10-3-11-22-49)39-42-64(63)73(65(66)46-60)61-40-37-51(38-41-61)58-28-16-27-57(43-58)48-19-8-2-9-20-48/h1-46H. The molecule has 0 radical (unpaired) electrons. The lowest BCUT2D eigenvalue weighted by Gasteiger charge is -2.13. The van der Waals surface area contributed by atoms with Gasteiger partial charge in [0, 0.05) is 33.2 Å². The van der Waals surface area contributed by atoms with Gasteiger partial charge in [-0.15, -0.1) is 0 Å². The zero-order valence-corrected chi connectivity index (χ0v) is 39.8. The molecule has 0 N–H and O–H groups in total. The average molecular weight is 931 g/mol. The highest BCUT2D eigenvalue weighted by Crippen LogP contribution is 2.43. The van der Waals surface area contributed by atoms with Gasteiger partial charge in [0.25, 0.3) is 0 Å². The highest BCUT2D eigenvalue weighted by atomic mass is 15.0. The molecule has 0 aliphatic heterocycles. The van der Waals surface area contributed by atoms with Crippen molar-refractivity contribution in [2.45, 2.75) is 0 Å². The van der Waals surface area contributed by atoms with Crippen molar-refractivity contribution in [1.29, 1.82) is 0 Å². The predicted molar refractivity (Wildman–Crippen MR) is 303 cm³/mol. The van der Waals surface area contributed by atoms with E-state index in [1.54, 1.807) is 0 Å². The van der Waals surface area contributed by atoms with E-state index in [0.29, 0.717) is 17.5 Å². The van der Waals surface area contributed by atoms with Gasteiger partial charge in [-0.2, -0.15) is 0 Å². The lowest BCUT2D eigenvalue weighted by molar-refractivity contribution is 1.07. The Morgan fingerprint density at radius 1 is 0.219 bits per heavy atom. The minimum absolute atomic E-state index is 0.618. The zero-order chi connectivity index (χ0) is 48.5. The van der Waals surface area contributed by atoms with Gasteiger partial charge in [0.15, 0.2) is 17.5 Å². The van der Waals surface area contributed by atoms with Crippen LogP contribution in [0.5, 0.6) is 0 Å². The fourth-order valence-electron chi connectivity index (χ4n) is 10.2. The van der Waals surface area contributed by atoms with Gasteiger partial charge in [0.2, 0.25) is 0 Å². The summed E-state index contributed by atoms with van der Waals surface area (Å²) in [6.45, 7) is 0. The molecule has 342 valence electrons. The summed E-state index contributed by atoms with van der Waals surface area (Å²) in [6, 6.07) is 99.3. The van der Waals surface area contributed by atoms with E-state index < -0.39 is 0 Å². The van der Waals surface area contributed by atoms with E-state index in [9.17, 15) is 0 Å². The summed E-state index contributed by atoms with van der Waals surface area (Å²) < 4.78 is 2.44. The normalized spacial score (nSPS) is 11.3. The summed E-state index contributed by atoms with van der Waals surface area (Å²) >= 11 is 0. The van der Waals surface area contributed by atoms with Crippen LogP contribution in [0.3, 0.4) is 0 Å². The lowest BCUT2D eigenvalue weighted by Crippen LogP contribution is -2.00. The molecule has 11 aromatic carbocycles. The Morgan fingerprint density at radius 2 is 0.562 bits per heavy atom. The third-order valence-corrected chi connectivity index (χ3v) is 13.9. The molecule has 2 heterocycles. The number of hydrogen-bond donors (Lipinski definition) is 0. The van der Waals surface area contributed by atoms with Crippen LogP contribution in [0.1, 0.15) is 0 Å². The number of hydrogen-bond acceptors (Lipinski definition) is 3. The monoisotopic (exact) mass is 930 g/mol. The second kappa shape index (κ2) is 18.9. The minimum atomic E-state index is 0.618. The molecular weight excluding hydrogens is 885 g/mol. The molecule has 0 aliphatic rings. The number of rotatable bonds is 10. The van der Waals surface area contributed by atoms with Crippen molar-refractivity contribution < 1.29 is 0 Å². The Bertz CT molecular complexity index is 4060. The van der Waals surface area contributed by atoms with Crippen molar-refractivity contribution >= 4 is 21.8 Å². The maximum Gasteiger partial charge on any atom is 0.164 e. The second-order valence-electron chi connectivity index (χ2n) is 18.4. The van der Waals surface area contributed by atoms with Crippen LogP contribution in [0.25, 0.3) is 128 Å². The SMILES string of the molecule is c1ccc(-c2ccc(-c3nc(-c4ccccc4)nc(-c4ccc(-c5cc(-c6ccccc6)c6c7cc(-c8ccccc8)ccc7n(-c7ccc(-c8cccc(-c9ccccc9)c8)cc7)c6c5)cc4)n3)cc2)cc1. The number of nitrogens with zero attached hydrogens (tertiary/aromatic N) is 4. The molecule has 0 atom stereocenters. The fourth-order valence-corrected chi connectivity index (χ4v) is 10.2. The van der Waals surface area contributed by atoms with Crippen LogP contribution < -0.4 is 0 Å². The predicted octanol–water partition coefficient (Wildman–Crippen LogP) is 18.0. The molecule has 0 fully saturated rings. The van der Waals surface area contributed by atoms with Gasteiger partial charge in [-0.25, -0.2) is 15.0 Å². The van der Waals surface area contributed by atoms with Gasteiger partial charge in [-0.05, 0) is 109 Å². The molecule has 0 saturated heterocycles. The molecule has 0 bridgehead atoms. The first-order valence-corrected chi connectivity index (χ1v) is 24.7. The van der Waals surface area contributed by atoms with Crippen LogP contribution >= 0.6 is 0 Å². The Kier molecular flexibility index (Phi) is 11.2. The lowest BCUT2D eigenvalue weighted by atomic mass is 9.93. The van der Waals surface area contributed by atoms with E-state index in [4.69, 9.17) is 15.0 Å². The Hall–Kier alpha value is -9.77. The summed E-state index contributed by atoms with van der Waals surface area (Å²) in [5.74, 6) is 1.88. The van der Waals surface area contributed by atoms with Gasteiger partial charge in [0.1, 0.15) is 0 Å². The van der Waals surface area contributed by atoms with Gasteiger partial charge in [-0.3, -0.25) is 0 Å². The van der Waals surface area contributed by atoms with Crippen molar-refractivity contribution in [3.8, 4) is 107 Å². The van der Waals surface area contributed by atoms with Crippen LogP contribution in [-0.2, 0) is 0 Å². The molecular formula is C69H46N4. The summed E-state index contributed by atoms with van der Waals surface area (Å²) in [5, 5.41) is 2.41. The van der Waals surface area contributed by atoms with E-state index >= 15 is 0 Å². The van der Waals surface area contributed by atoms with E-state index in [-0.39, 0.29) is 0 Å². The van der Waals surface area contributed by atoms with Crippen molar-refractivity contribution in [1.82, 2.24) is 19.5 Å². The summed E-state index contributed by atoms with van der Waals surface area (Å²) in [7, 11) is 0. The first-order chi connectivity index (χ1) is 36.2. The van der Waals surface area contributed by atoms with E-state index in [2.05, 4.69) is 247 Å². The molecule has 0 unspecified atom stereocenters. The average Bonchev–Trinajstić information content (AvgIpc) is 3.82. The van der Waals surface area contributed by atoms with Gasteiger partial charge in [-0.1, -0.05) is 237 Å². The molecule has 0 spiro atoms. The van der Waals surface area contributed by atoms with Gasteiger partial charge in [0.05, 0.1) is 11.0 Å². The summed E-state index contributed by atoms with van der Waals surface area (Å²) in [6.07, 6.45) is 0. The molecule has 13 rings (SSSR count). The van der Waals surface area contributed by atoms with Crippen molar-refractivity contribution in [2.75, 3.05) is 0 Å². The topological polar surface area (TPSA) is 43.6 Å². The Balaban J connectivity index is 0.944. The quantitative estimate of drug-likeness (QED) is 0.137. The first-order valence-electron chi connectivity index (χ1n) is 24.7. The third kappa shape index (κ3) is 8.47. The Labute approximate surface area is 424 Å². The molecule has 13 aromatic rings. The summed E-state index contributed by atoms with van der Waals surface area (Å²) in [4.78, 5) is 15.2. The number of benzene rings is 11. The molecule has 4 heteroatoms. The van der Waals surface area contributed by atoms with Crippen LogP contribution in [0, 0.1) is 0 Å². The van der Waals surface area contributed by atoms with E-state index in [1.807, 2.05) is 36.4 Å². The number of aromatic nitrogens is 4. The maximum atomic E-state index is 5.12. The van der Waals surface area contributed by atoms with Gasteiger partial charge < -0.3 is 4.57 Å². The van der Waals surface area contributed by atoms with E-state index in [1.165, 1.54) is 55.3 Å². The fraction of sp³-hybridized carbons (Fsp3) is 0. The first kappa shape index (κ1) is 43.3. The van der Waals surface area contributed by atoms with Crippen LogP contribution in [-0.4, -0.2) is 19.5 Å². The van der Waals surface area contributed by atoms with Crippen molar-refractivity contribution in [3.63, 3.8) is 0 Å². The van der Waals surface area contributed by atoms with Crippen LogP contribution in [0.4, 0.5) is 0 Å². The molecule has 0 amide bonds. The van der Waals surface area contributed by atoms with Crippen LogP contribution in [0.2, 0.25) is 0 Å². The smallest absolute Gasteiger partial charge is 0.164 e. The molecule has 0 saturated carbocycles. The molecule has 2 aromatic heterocycles. The molecule has 4 nitrogen and oxygen atoms in total. The van der Waals surface area contributed by atoms with Crippen molar-refractivity contribution in [2.24, 2.45) is 0 Å². The largest absolute Gasteiger partial charge is 0.309 e. The zero-order valence-electron chi connectivity index (χ0n) is 39.8. The third-order valence-electron chi connectivity index (χ3n) is 13.9. The van der Waals surface area contributed by atoms with E-state index in [0.717, 1.165) is 55.7 Å². The maximum absolute atomic E-state index is 5.12. The van der Waals surface area contributed by atoms with Gasteiger partial charge >= 0.3 is 0 Å².